The molecule has 1 aromatic carbocycles. The van der Waals surface area contributed by atoms with Gasteiger partial charge in [0.1, 0.15) is 4.32 Å². The van der Waals surface area contributed by atoms with E-state index in [2.05, 4.69) is 34.8 Å². The summed E-state index contributed by atoms with van der Waals surface area (Å²) in [4.78, 5) is 12.3. The van der Waals surface area contributed by atoms with Crippen molar-refractivity contribution in [2.45, 2.75) is 20.3 Å². The highest BCUT2D eigenvalue weighted by Gasteiger charge is 2.22. The molecule has 118 valence electrons. The lowest BCUT2D eigenvalue weighted by molar-refractivity contribution is -0.115. The number of hydrogen-bond donors (Lipinski definition) is 1. The molecular weight excluding hydrogens is 433 g/mol. The van der Waals surface area contributed by atoms with Crippen molar-refractivity contribution in [3.63, 3.8) is 0 Å². The van der Waals surface area contributed by atoms with Crippen LogP contribution in [0.15, 0.2) is 17.0 Å². The minimum Gasteiger partial charge on any atom is -0.490 e. The van der Waals surface area contributed by atoms with Crippen molar-refractivity contribution in [1.82, 2.24) is 5.32 Å². The van der Waals surface area contributed by atoms with E-state index in [-0.39, 0.29) is 5.91 Å². The highest BCUT2D eigenvalue weighted by molar-refractivity contribution is 14.1. The van der Waals surface area contributed by atoms with Crippen LogP contribution >= 0.6 is 46.6 Å². The van der Waals surface area contributed by atoms with Crippen molar-refractivity contribution in [2.24, 2.45) is 0 Å². The van der Waals surface area contributed by atoms with Gasteiger partial charge in [-0.2, -0.15) is 0 Å². The Morgan fingerprint density at radius 3 is 2.73 bits per heavy atom. The predicted octanol–water partition coefficient (Wildman–Crippen LogP) is 3.97. The van der Waals surface area contributed by atoms with Crippen LogP contribution in [0, 0.1) is 3.57 Å². The molecule has 1 fully saturated rings. The summed E-state index contributed by atoms with van der Waals surface area (Å²) >= 11 is 8.48. The van der Waals surface area contributed by atoms with E-state index in [1.54, 1.807) is 0 Å². The number of halogens is 1. The molecule has 2 rings (SSSR count). The van der Waals surface area contributed by atoms with Gasteiger partial charge in [0.25, 0.3) is 5.91 Å². The maximum atomic E-state index is 11.7. The Morgan fingerprint density at radius 2 is 2.14 bits per heavy atom. The van der Waals surface area contributed by atoms with Gasteiger partial charge >= 0.3 is 0 Å². The fourth-order valence-corrected chi connectivity index (χ4v) is 3.68. The average molecular weight is 449 g/mol. The summed E-state index contributed by atoms with van der Waals surface area (Å²) in [5, 5.41) is 2.61. The van der Waals surface area contributed by atoms with Crippen LogP contribution in [0.5, 0.6) is 11.5 Å². The van der Waals surface area contributed by atoms with Crippen LogP contribution in [0.1, 0.15) is 25.8 Å². The molecule has 1 saturated heterocycles. The smallest absolute Gasteiger partial charge is 0.263 e. The Morgan fingerprint density at radius 1 is 1.36 bits per heavy atom. The number of carbonyl (C=O) groups is 1. The summed E-state index contributed by atoms with van der Waals surface area (Å²) in [7, 11) is 0. The Balaban J connectivity index is 2.35. The SMILES string of the molecule is CCCOc1c(I)cc(/C=C2/SC(=S)NC2=O)cc1OCC. The second-order valence-corrected chi connectivity index (χ2v) is 7.34. The van der Waals surface area contributed by atoms with Gasteiger partial charge in [0, 0.05) is 0 Å². The Labute approximate surface area is 153 Å². The number of carbonyl (C=O) groups excluding carboxylic acids is 1. The lowest BCUT2D eigenvalue weighted by Gasteiger charge is -2.14. The minimum atomic E-state index is -0.158. The van der Waals surface area contributed by atoms with Gasteiger partial charge in [-0.15, -0.1) is 0 Å². The fraction of sp³-hybridized carbons (Fsp3) is 0.333. The zero-order valence-electron chi connectivity index (χ0n) is 12.3. The maximum Gasteiger partial charge on any atom is 0.263 e. The molecule has 0 aromatic heterocycles. The zero-order valence-corrected chi connectivity index (χ0v) is 16.1. The summed E-state index contributed by atoms with van der Waals surface area (Å²) in [6.07, 6.45) is 2.75. The molecular formula is C15H16INO3S2. The summed E-state index contributed by atoms with van der Waals surface area (Å²) < 4.78 is 12.9. The maximum absolute atomic E-state index is 11.7. The van der Waals surface area contributed by atoms with Gasteiger partial charge in [-0.1, -0.05) is 30.9 Å². The molecule has 1 aromatic rings. The van der Waals surface area contributed by atoms with Crippen LogP contribution in [0.25, 0.3) is 6.08 Å². The lowest BCUT2D eigenvalue weighted by atomic mass is 10.2. The Bertz CT molecular complexity index is 631. The first-order valence-corrected chi connectivity index (χ1v) is 9.19. The topological polar surface area (TPSA) is 47.6 Å². The molecule has 1 aliphatic rings. The molecule has 0 spiro atoms. The van der Waals surface area contributed by atoms with E-state index >= 15 is 0 Å². The second-order valence-electron chi connectivity index (χ2n) is 4.46. The zero-order chi connectivity index (χ0) is 16.1. The monoisotopic (exact) mass is 449 g/mol. The van der Waals surface area contributed by atoms with Crippen LogP contribution < -0.4 is 14.8 Å². The molecule has 1 amide bonds. The molecule has 0 radical (unpaired) electrons. The van der Waals surface area contributed by atoms with E-state index in [0.29, 0.717) is 28.2 Å². The number of thiocarbonyl (C=S) groups is 1. The van der Waals surface area contributed by atoms with Crippen LogP contribution in [0.2, 0.25) is 0 Å². The first kappa shape index (κ1) is 17.6. The third kappa shape index (κ3) is 4.36. The molecule has 0 unspecified atom stereocenters. The fourth-order valence-electron chi connectivity index (χ4n) is 1.85. The number of thioether (sulfide) groups is 1. The number of rotatable bonds is 6. The van der Waals surface area contributed by atoms with Crippen molar-refractivity contribution in [2.75, 3.05) is 13.2 Å². The molecule has 7 heteroatoms. The van der Waals surface area contributed by atoms with E-state index < -0.39 is 0 Å². The first-order valence-electron chi connectivity index (χ1n) is 6.89. The Hall–Kier alpha value is -0.800. The molecule has 0 atom stereocenters. The summed E-state index contributed by atoms with van der Waals surface area (Å²) in [6, 6.07) is 3.86. The van der Waals surface area contributed by atoms with Gasteiger partial charge in [0.05, 0.1) is 21.7 Å². The molecule has 1 aliphatic heterocycles. The predicted molar refractivity (Wildman–Crippen MR) is 102 cm³/mol. The van der Waals surface area contributed by atoms with Crippen molar-refractivity contribution in [3.8, 4) is 11.5 Å². The molecule has 0 saturated carbocycles. The standard InChI is InChI=1S/C15H16INO3S2/c1-3-5-20-13-10(16)6-9(7-11(13)19-4-2)8-12-14(18)17-15(21)22-12/h6-8H,3-5H2,1-2H3,(H,17,18,21)/b12-8+. The number of amides is 1. The minimum absolute atomic E-state index is 0.158. The Kier molecular flexibility index (Phi) is 6.51. The van der Waals surface area contributed by atoms with Crippen LogP contribution in [0.4, 0.5) is 0 Å². The van der Waals surface area contributed by atoms with Gasteiger partial charge in [-0.25, -0.2) is 0 Å². The van der Waals surface area contributed by atoms with E-state index in [1.165, 1.54) is 11.8 Å². The van der Waals surface area contributed by atoms with E-state index in [0.717, 1.165) is 21.3 Å². The molecule has 1 N–H and O–H groups in total. The molecule has 0 bridgehead atoms. The van der Waals surface area contributed by atoms with Gasteiger partial charge in [-0.3, -0.25) is 4.79 Å². The van der Waals surface area contributed by atoms with Crippen molar-refractivity contribution in [3.05, 3.63) is 26.2 Å². The van der Waals surface area contributed by atoms with E-state index in [1.807, 2.05) is 25.1 Å². The quantitative estimate of drug-likeness (QED) is 0.405. The normalized spacial score (nSPS) is 16.0. The second kappa shape index (κ2) is 8.16. The van der Waals surface area contributed by atoms with Gasteiger partial charge < -0.3 is 14.8 Å². The van der Waals surface area contributed by atoms with E-state index in [9.17, 15) is 4.79 Å². The number of nitrogens with one attached hydrogen (secondary N) is 1. The third-order valence-corrected chi connectivity index (χ3v) is 4.69. The molecule has 22 heavy (non-hydrogen) atoms. The summed E-state index contributed by atoms with van der Waals surface area (Å²) in [5.74, 6) is 1.29. The number of ether oxygens (including phenoxy) is 2. The highest BCUT2D eigenvalue weighted by Crippen LogP contribution is 2.36. The third-order valence-electron chi connectivity index (χ3n) is 2.72. The van der Waals surface area contributed by atoms with Gasteiger partial charge in [-0.05, 0) is 59.7 Å². The van der Waals surface area contributed by atoms with Gasteiger partial charge in [0.2, 0.25) is 0 Å². The van der Waals surface area contributed by atoms with Crippen LogP contribution in [-0.4, -0.2) is 23.4 Å². The summed E-state index contributed by atoms with van der Waals surface area (Å²) in [5.41, 5.74) is 0.888. The number of hydrogen-bond acceptors (Lipinski definition) is 5. The largest absolute Gasteiger partial charge is 0.490 e. The number of benzene rings is 1. The molecule has 1 heterocycles. The van der Waals surface area contributed by atoms with Crippen molar-refractivity contribution < 1.29 is 14.3 Å². The van der Waals surface area contributed by atoms with Crippen LogP contribution in [0.3, 0.4) is 0 Å². The highest BCUT2D eigenvalue weighted by atomic mass is 127. The van der Waals surface area contributed by atoms with Crippen molar-refractivity contribution >= 4 is 62.9 Å². The van der Waals surface area contributed by atoms with Gasteiger partial charge in [0.15, 0.2) is 11.5 Å². The molecule has 4 nitrogen and oxygen atoms in total. The first-order chi connectivity index (χ1) is 10.5. The van der Waals surface area contributed by atoms with E-state index in [4.69, 9.17) is 21.7 Å². The average Bonchev–Trinajstić information content (AvgIpc) is 2.76. The summed E-state index contributed by atoms with van der Waals surface area (Å²) in [6.45, 7) is 5.19. The van der Waals surface area contributed by atoms with Crippen molar-refractivity contribution in [1.29, 1.82) is 0 Å². The lowest BCUT2D eigenvalue weighted by Crippen LogP contribution is -2.17. The van der Waals surface area contributed by atoms with Crippen LogP contribution in [-0.2, 0) is 4.79 Å². The molecule has 0 aliphatic carbocycles.